The molecule has 2 aliphatic heterocycles. The number of benzene rings is 2. The van der Waals surface area contributed by atoms with Crippen LogP contribution in [0.25, 0.3) is 11.1 Å². The molecule has 5 heteroatoms. The normalized spacial score (nSPS) is 23.1. The van der Waals surface area contributed by atoms with Gasteiger partial charge in [0.05, 0.1) is 5.56 Å². The Labute approximate surface area is 139 Å². The molecule has 0 aliphatic carbocycles. The van der Waals surface area contributed by atoms with Crippen LogP contribution in [0.5, 0.6) is 0 Å². The monoisotopic (exact) mass is 332 g/mol. The van der Waals surface area contributed by atoms with Crippen LogP contribution in [-0.2, 0) is 6.18 Å². The summed E-state index contributed by atoms with van der Waals surface area (Å²) in [7, 11) is 0. The molecule has 1 fully saturated rings. The topological polar surface area (TPSA) is 24.1 Å². The van der Waals surface area contributed by atoms with E-state index in [9.17, 15) is 13.2 Å². The SMILES string of the molecule is FC(F)(F)c1ccccc1-c1cccc2c1C1CCNCCC1N2. The Bertz CT molecular complexity index is 755. The Morgan fingerprint density at radius 1 is 0.875 bits per heavy atom. The molecule has 126 valence electrons. The van der Waals surface area contributed by atoms with Crippen molar-refractivity contribution in [2.75, 3.05) is 18.4 Å². The van der Waals surface area contributed by atoms with Crippen molar-refractivity contribution >= 4 is 5.69 Å². The van der Waals surface area contributed by atoms with Crippen LogP contribution in [0.3, 0.4) is 0 Å². The molecule has 2 atom stereocenters. The van der Waals surface area contributed by atoms with Crippen LogP contribution in [-0.4, -0.2) is 19.1 Å². The molecule has 2 nitrogen and oxygen atoms in total. The van der Waals surface area contributed by atoms with Crippen LogP contribution in [0.15, 0.2) is 42.5 Å². The molecule has 0 bridgehead atoms. The summed E-state index contributed by atoms with van der Waals surface area (Å²) in [6.07, 6.45) is -2.43. The molecule has 2 aromatic carbocycles. The van der Waals surface area contributed by atoms with E-state index in [0.717, 1.165) is 37.2 Å². The lowest BCUT2D eigenvalue weighted by Crippen LogP contribution is -2.21. The summed E-state index contributed by atoms with van der Waals surface area (Å²) >= 11 is 0. The van der Waals surface area contributed by atoms with Gasteiger partial charge < -0.3 is 10.6 Å². The number of nitrogens with one attached hydrogen (secondary N) is 2. The van der Waals surface area contributed by atoms with Crippen LogP contribution in [0.4, 0.5) is 18.9 Å². The van der Waals surface area contributed by atoms with E-state index in [-0.39, 0.29) is 11.5 Å². The highest BCUT2D eigenvalue weighted by Crippen LogP contribution is 2.47. The second kappa shape index (κ2) is 5.81. The fraction of sp³-hybridized carbons (Fsp3) is 0.368. The molecule has 2 aromatic rings. The molecule has 0 saturated carbocycles. The zero-order chi connectivity index (χ0) is 16.7. The van der Waals surface area contributed by atoms with Crippen molar-refractivity contribution in [2.45, 2.75) is 31.0 Å². The minimum Gasteiger partial charge on any atom is -0.381 e. The lowest BCUT2D eigenvalue weighted by molar-refractivity contribution is -0.137. The van der Waals surface area contributed by atoms with Crippen molar-refractivity contribution in [3.8, 4) is 11.1 Å². The molecule has 0 amide bonds. The Hall–Kier alpha value is -2.01. The van der Waals surface area contributed by atoms with Gasteiger partial charge in [-0.05, 0) is 54.8 Å². The first-order chi connectivity index (χ1) is 11.6. The summed E-state index contributed by atoms with van der Waals surface area (Å²) in [5, 5.41) is 6.91. The van der Waals surface area contributed by atoms with Crippen LogP contribution in [0.2, 0.25) is 0 Å². The van der Waals surface area contributed by atoms with Gasteiger partial charge in [-0.15, -0.1) is 0 Å². The zero-order valence-corrected chi connectivity index (χ0v) is 13.2. The van der Waals surface area contributed by atoms with Crippen LogP contribution in [0, 0.1) is 0 Å². The van der Waals surface area contributed by atoms with Gasteiger partial charge >= 0.3 is 6.18 Å². The number of alkyl halides is 3. The lowest BCUT2D eigenvalue weighted by atomic mass is 9.85. The minimum atomic E-state index is -4.35. The quantitative estimate of drug-likeness (QED) is 0.795. The molecule has 1 saturated heterocycles. The number of hydrogen-bond acceptors (Lipinski definition) is 2. The maximum absolute atomic E-state index is 13.5. The Morgan fingerprint density at radius 3 is 2.46 bits per heavy atom. The first-order valence-corrected chi connectivity index (χ1v) is 8.32. The number of halogens is 3. The van der Waals surface area contributed by atoms with E-state index in [0.29, 0.717) is 11.6 Å². The minimum absolute atomic E-state index is 0.257. The van der Waals surface area contributed by atoms with E-state index in [1.807, 2.05) is 18.2 Å². The molecular formula is C19H19F3N2. The van der Waals surface area contributed by atoms with Gasteiger partial charge in [-0.2, -0.15) is 13.2 Å². The second-order valence-corrected chi connectivity index (χ2v) is 6.49. The van der Waals surface area contributed by atoms with Gasteiger partial charge in [0.25, 0.3) is 0 Å². The average Bonchev–Trinajstić information content (AvgIpc) is 2.76. The summed E-state index contributed by atoms with van der Waals surface area (Å²) in [6, 6.07) is 11.8. The lowest BCUT2D eigenvalue weighted by Gasteiger charge is -2.20. The van der Waals surface area contributed by atoms with Gasteiger partial charge in [-0.3, -0.25) is 0 Å². The van der Waals surface area contributed by atoms with Crippen LogP contribution in [0.1, 0.15) is 29.9 Å². The average molecular weight is 332 g/mol. The largest absolute Gasteiger partial charge is 0.417 e. The molecule has 2 aliphatic rings. The summed E-state index contributed by atoms with van der Waals surface area (Å²) in [4.78, 5) is 0. The number of hydrogen-bond donors (Lipinski definition) is 2. The maximum atomic E-state index is 13.5. The first-order valence-electron chi connectivity index (χ1n) is 8.32. The second-order valence-electron chi connectivity index (χ2n) is 6.49. The summed E-state index contributed by atoms with van der Waals surface area (Å²) in [5.74, 6) is 0.257. The molecule has 2 heterocycles. The standard InChI is InChI=1S/C19H19F3N2/c20-19(21,22)15-6-2-1-4-12(15)13-5-3-7-17-18(13)14-8-10-23-11-9-16(14)24-17/h1-7,14,16,23-24H,8-11H2. The Kier molecular flexibility index (Phi) is 3.76. The molecule has 24 heavy (non-hydrogen) atoms. The van der Waals surface area contributed by atoms with Gasteiger partial charge in [0, 0.05) is 17.6 Å². The fourth-order valence-corrected chi connectivity index (χ4v) is 4.05. The van der Waals surface area contributed by atoms with Gasteiger partial charge in [0.2, 0.25) is 0 Å². The highest BCUT2D eigenvalue weighted by Gasteiger charge is 2.38. The maximum Gasteiger partial charge on any atom is 0.417 e. The van der Waals surface area contributed by atoms with Gasteiger partial charge in [0.1, 0.15) is 0 Å². The molecule has 4 rings (SSSR count). The van der Waals surface area contributed by atoms with E-state index in [2.05, 4.69) is 10.6 Å². The Morgan fingerprint density at radius 2 is 1.62 bits per heavy atom. The summed E-state index contributed by atoms with van der Waals surface area (Å²) in [6.45, 7) is 1.84. The Balaban J connectivity index is 1.87. The molecule has 2 unspecified atom stereocenters. The molecular weight excluding hydrogens is 313 g/mol. The predicted octanol–water partition coefficient (Wildman–Crippen LogP) is 4.63. The van der Waals surface area contributed by atoms with Crippen LogP contribution >= 0.6 is 0 Å². The van der Waals surface area contributed by atoms with Crippen molar-refractivity contribution in [1.29, 1.82) is 0 Å². The highest BCUT2D eigenvalue weighted by molar-refractivity contribution is 5.79. The smallest absolute Gasteiger partial charge is 0.381 e. The van der Waals surface area contributed by atoms with Crippen molar-refractivity contribution in [1.82, 2.24) is 5.32 Å². The number of anilines is 1. The summed E-state index contributed by atoms with van der Waals surface area (Å²) < 4.78 is 40.4. The van der Waals surface area contributed by atoms with Crippen LogP contribution < -0.4 is 10.6 Å². The van der Waals surface area contributed by atoms with Crippen molar-refractivity contribution < 1.29 is 13.2 Å². The third-order valence-electron chi connectivity index (χ3n) is 5.09. The molecule has 0 spiro atoms. The molecule has 0 aromatic heterocycles. The third-order valence-corrected chi connectivity index (χ3v) is 5.09. The van der Waals surface area contributed by atoms with Crippen molar-refractivity contribution in [3.05, 3.63) is 53.6 Å². The van der Waals surface area contributed by atoms with E-state index in [4.69, 9.17) is 0 Å². The van der Waals surface area contributed by atoms with Crippen molar-refractivity contribution in [2.24, 2.45) is 0 Å². The highest BCUT2D eigenvalue weighted by atomic mass is 19.4. The fourth-order valence-electron chi connectivity index (χ4n) is 4.05. The van der Waals surface area contributed by atoms with E-state index >= 15 is 0 Å². The number of fused-ring (bicyclic) bond motifs is 3. The summed E-state index contributed by atoms with van der Waals surface area (Å²) in [5.41, 5.74) is 2.46. The van der Waals surface area contributed by atoms with E-state index in [1.54, 1.807) is 12.1 Å². The predicted molar refractivity (Wildman–Crippen MR) is 89.1 cm³/mol. The number of rotatable bonds is 1. The van der Waals surface area contributed by atoms with E-state index < -0.39 is 11.7 Å². The van der Waals surface area contributed by atoms with Crippen molar-refractivity contribution in [3.63, 3.8) is 0 Å². The van der Waals surface area contributed by atoms with E-state index in [1.165, 1.54) is 12.1 Å². The third kappa shape index (κ3) is 2.57. The zero-order valence-electron chi connectivity index (χ0n) is 13.2. The first kappa shape index (κ1) is 15.5. The molecule has 0 radical (unpaired) electrons. The van der Waals surface area contributed by atoms with Gasteiger partial charge in [-0.1, -0.05) is 30.3 Å². The van der Waals surface area contributed by atoms with Gasteiger partial charge in [-0.25, -0.2) is 0 Å². The molecule has 2 N–H and O–H groups in total. The van der Waals surface area contributed by atoms with Gasteiger partial charge in [0.15, 0.2) is 0 Å².